The topological polar surface area (TPSA) is 47.0 Å². The lowest BCUT2D eigenvalue weighted by Gasteiger charge is -2.06. The molecule has 1 heterocycles. The number of methoxy groups -OCH3 is 1. The summed E-state index contributed by atoms with van der Waals surface area (Å²) in [5.41, 5.74) is -0.991. The molecular weight excluding hydrogens is 223 g/mol. The second-order valence-corrected chi connectivity index (χ2v) is 3.07. The Kier molecular flexibility index (Phi) is 4.48. The Morgan fingerprint density at radius 2 is 2.06 bits per heavy atom. The van der Waals surface area contributed by atoms with Crippen molar-refractivity contribution >= 4 is 5.82 Å². The van der Waals surface area contributed by atoms with E-state index in [2.05, 4.69) is 15.5 Å². The zero-order valence-corrected chi connectivity index (χ0v) is 8.71. The van der Waals surface area contributed by atoms with Crippen LogP contribution in [0.4, 0.5) is 19.0 Å². The van der Waals surface area contributed by atoms with Crippen LogP contribution in [0.2, 0.25) is 0 Å². The number of alkyl halides is 3. The Balaban J connectivity index is 2.46. The van der Waals surface area contributed by atoms with Crippen molar-refractivity contribution in [3.05, 3.63) is 17.8 Å². The van der Waals surface area contributed by atoms with Gasteiger partial charge in [-0.1, -0.05) is 0 Å². The van der Waals surface area contributed by atoms with Gasteiger partial charge in [0, 0.05) is 20.3 Å². The van der Waals surface area contributed by atoms with Crippen molar-refractivity contribution in [2.75, 3.05) is 25.6 Å². The molecule has 0 amide bonds. The third-order valence-electron chi connectivity index (χ3n) is 1.79. The Bertz CT molecular complexity index is 313. The van der Waals surface area contributed by atoms with Gasteiger partial charge >= 0.3 is 6.18 Å². The largest absolute Gasteiger partial charge is 0.435 e. The third-order valence-corrected chi connectivity index (χ3v) is 1.79. The van der Waals surface area contributed by atoms with Crippen molar-refractivity contribution in [3.8, 4) is 0 Å². The van der Waals surface area contributed by atoms with E-state index in [0.717, 1.165) is 12.5 Å². The van der Waals surface area contributed by atoms with E-state index < -0.39 is 11.9 Å². The average molecular weight is 235 g/mol. The predicted molar refractivity (Wildman–Crippen MR) is 52.0 cm³/mol. The third kappa shape index (κ3) is 4.01. The fourth-order valence-corrected chi connectivity index (χ4v) is 1.01. The summed E-state index contributed by atoms with van der Waals surface area (Å²) in [4.78, 5) is 0. The van der Waals surface area contributed by atoms with E-state index >= 15 is 0 Å². The second kappa shape index (κ2) is 5.64. The lowest BCUT2D eigenvalue weighted by Crippen LogP contribution is -2.11. The first kappa shape index (κ1) is 12.7. The molecule has 0 radical (unpaired) electrons. The van der Waals surface area contributed by atoms with Crippen molar-refractivity contribution in [2.45, 2.75) is 12.6 Å². The Hall–Kier alpha value is -1.37. The van der Waals surface area contributed by atoms with Gasteiger partial charge in [0.25, 0.3) is 0 Å². The summed E-state index contributed by atoms with van der Waals surface area (Å²) in [6, 6.07) is 2.15. The molecule has 0 spiro atoms. The number of ether oxygens (including phenoxy) is 1. The highest BCUT2D eigenvalue weighted by Gasteiger charge is 2.32. The highest BCUT2D eigenvalue weighted by atomic mass is 19.4. The fourth-order valence-electron chi connectivity index (χ4n) is 1.01. The maximum absolute atomic E-state index is 12.1. The predicted octanol–water partition coefficient (Wildman–Crippen LogP) is 1.94. The lowest BCUT2D eigenvalue weighted by atomic mass is 10.3. The van der Waals surface area contributed by atoms with Gasteiger partial charge in [-0.25, -0.2) is 0 Å². The molecule has 0 aliphatic carbocycles. The summed E-state index contributed by atoms with van der Waals surface area (Å²) in [7, 11) is 1.58. The molecule has 90 valence electrons. The normalized spacial score (nSPS) is 11.5. The Labute approximate surface area is 90.8 Å². The number of hydrogen-bond donors (Lipinski definition) is 1. The molecule has 0 saturated heterocycles. The fraction of sp³-hybridized carbons (Fsp3) is 0.556. The molecule has 1 N–H and O–H groups in total. The first-order chi connectivity index (χ1) is 7.54. The Morgan fingerprint density at radius 1 is 1.31 bits per heavy atom. The number of aromatic nitrogens is 2. The van der Waals surface area contributed by atoms with Gasteiger partial charge in [0.05, 0.1) is 0 Å². The summed E-state index contributed by atoms with van der Waals surface area (Å²) < 4.78 is 41.2. The first-order valence-electron chi connectivity index (χ1n) is 4.68. The molecule has 0 unspecified atom stereocenters. The molecule has 16 heavy (non-hydrogen) atoms. The van der Waals surface area contributed by atoms with E-state index in [9.17, 15) is 13.2 Å². The van der Waals surface area contributed by atoms with E-state index in [1.807, 2.05) is 0 Å². The van der Waals surface area contributed by atoms with Crippen LogP contribution in [0.1, 0.15) is 12.1 Å². The molecule has 0 fully saturated rings. The molecule has 0 aliphatic rings. The van der Waals surface area contributed by atoms with Gasteiger partial charge in [0.15, 0.2) is 5.69 Å². The molecule has 0 aliphatic heterocycles. The maximum atomic E-state index is 12.1. The zero-order chi connectivity index (χ0) is 12.0. The highest BCUT2D eigenvalue weighted by molar-refractivity contribution is 5.33. The molecule has 1 aromatic rings. The maximum Gasteiger partial charge on any atom is 0.435 e. The van der Waals surface area contributed by atoms with Crippen LogP contribution in [0.5, 0.6) is 0 Å². The molecule has 0 atom stereocenters. The van der Waals surface area contributed by atoms with E-state index in [1.54, 1.807) is 7.11 Å². The van der Waals surface area contributed by atoms with Crippen molar-refractivity contribution < 1.29 is 17.9 Å². The molecule has 7 heteroatoms. The van der Waals surface area contributed by atoms with Crippen LogP contribution < -0.4 is 5.32 Å². The molecule has 1 rings (SSSR count). The van der Waals surface area contributed by atoms with E-state index in [1.165, 1.54) is 6.07 Å². The summed E-state index contributed by atoms with van der Waals surface area (Å²) in [6.45, 7) is 1.16. The SMILES string of the molecule is COCCCNc1ccc(C(F)(F)F)nn1. The van der Waals surface area contributed by atoms with Crippen LogP contribution in [0.3, 0.4) is 0 Å². The quantitative estimate of drug-likeness (QED) is 0.792. The van der Waals surface area contributed by atoms with Crippen molar-refractivity contribution in [1.82, 2.24) is 10.2 Å². The van der Waals surface area contributed by atoms with Crippen LogP contribution in [0, 0.1) is 0 Å². The minimum atomic E-state index is -4.44. The van der Waals surface area contributed by atoms with Gasteiger partial charge in [-0.05, 0) is 18.6 Å². The molecule has 0 bridgehead atoms. The van der Waals surface area contributed by atoms with Crippen LogP contribution >= 0.6 is 0 Å². The van der Waals surface area contributed by atoms with Crippen LogP contribution in [-0.4, -0.2) is 30.5 Å². The summed E-state index contributed by atoms with van der Waals surface area (Å²) in [5, 5.41) is 9.34. The van der Waals surface area contributed by atoms with Gasteiger partial charge in [-0.2, -0.15) is 13.2 Å². The second-order valence-electron chi connectivity index (χ2n) is 3.07. The van der Waals surface area contributed by atoms with Gasteiger partial charge in [-0.15, -0.1) is 10.2 Å². The first-order valence-corrected chi connectivity index (χ1v) is 4.68. The highest BCUT2D eigenvalue weighted by Crippen LogP contribution is 2.26. The lowest BCUT2D eigenvalue weighted by molar-refractivity contribution is -0.141. The number of hydrogen-bond acceptors (Lipinski definition) is 4. The smallest absolute Gasteiger partial charge is 0.385 e. The minimum absolute atomic E-state index is 0.323. The summed E-state index contributed by atoms with van der Waals surface area (Å²) >= 11 is 0. The molecule has 0 aromatic carbocycles. The minimum Gasteiger partial charge on any atom is -0.385 e. The van der Waals surface area contributed by atoms with Gasteiger partial charge in [0.1, 0.15) is 5.82 Å². The van der Waals surface area contributed by atoms with Crippen molar-refractivity contribution in [1.29, 1.82) is 0 Å². The zero-order valence-electron chi connectivity index (χ0n) is 8.71. The standard InChI is InChI=1S/C9H12F3N3O/c1-16-6-2-5-13-8-4-3-7(14-15-8)9(10,11)12/h3-4H,2,5-6H2,1H3,(H,13,15). The molecule has 4 nitrogen and oxygen atoms in total. The number of nitrogens with zero attached hydrogens (tertiary/aromatic N) is 2. The van der Waals surface area contributed by atoms with Crippen LogP contribution in [0.25, 0.3) is 0 Å². The van der Waals surface area contributed by atoms with Gasteiger partial charge in [-0.3, -0.25) is 0 Å². The Morgan fingerprint density at radius 3 is 2.56 bits per heavy atom. The van der Waals surface area contributed by atoms with Gasteiger partial charge in [0.2, 0.25) is 0 Å². The van der Waals surface area contributed by atoms with Crippen LogP contribution in [0.15, 0.2) is 12.1 Å². The number of anilines is 1. The van der Waals surface area contributed by atoms with Gasteiger partial charge < -0.3 is 10.1 Å². The van der Waals surface area contributed by atoms with Crippen molar-refractivity contribution in [2.24, 2.45) is 0 Å². The summed E-state index contributed by atoms with van der Waals surface area (Å²) in [5.74, 6) is 0.323. The molecular formula is C9H12F3N3O. The monoisotopic (exact) mass is 235 g/mol. The average Bonchev–Trinajstić information content (AvgIpc) is 2.24. The number of nitrogens with one attached hydrogen (secondary N) is 1. The number of halogens is 3. The van der Waals surface area contributed by atoms with E-state index in [0.29, 0.717) is 19.0 Å². The summed E-state index contributed by atoms with van der Waals surface area (Å²) in [6.07, 6.45) is -3.69. The van der Waals surface area contributed by atoms with E-state index in [-0.39, 0.29) is 0 Å². The number of rotatable bonds is 5. The molecule has 0 saturated carbocycles. The molecule has 1 aromatic heterocycles. The van der Waals surface area contributed by atoms with E-state index in [4.69, 9.17) is 4.74 Å². The van der Waals surface area contributed by atoms with Crippen molar-refractivity contribution in [3.63, 3.8) is 0 Å². The van der Waals surface area contributed by atoms with Crippen LogP contribution in [-0.2, 0) is 10.9 Å².